The highest BCUT2D eigenvalue weighted by Gasteiger charge is 2.23. The highest BCUT2D eigenvalue weighted by atomic mass is 32.2. The zero-order valence-corrected chi connectivity index (χ0v) is 18.3. The molecule has 8 heteroatoms. The van der Waals surface area contributed by atoms with Crippen molar-refractivity contribution in [1.82, 2.24) is 5.32 Å². The summed E-state index contributed by atoms with van der Waals surface area (Å²) in [6.45, 7) is 4.50. The molecule has 0 radical (unpaired) electrons. The Labute approximate surface area is 177 Å². The summed E-state index contributed by atoms with van der Waals surface area (Å²) >= 11 is 0. The van der Waals surface area contributed by atoms with Gasteiger partial charge in [-0.05, 0) is 61.2 Å². The largest absolute Gasteiger partial charge is 0.350 e. The second-order valence-electron chi connectivity index (χ2n) is 7.63. The molecule has 0 spiro atoms. The number of aryl methyl sites for hydroxylation is 2. The van der Waals surface area contributed by atoms with Gasteiger partial charge < -0.3 is 10.2 Å². The van der Waals surface area contributed by atoms with Gasteiger partial charge in [0, 0.05) is 25.2 Å². The molecule has 0 atom stereocenters. The van der Waals surface area contributed by atoms with Crippen molar-refractivity contribution in [2.45, 2.75) is 33.2 Å². The van der Waals surface area contributed by atoms with Gasteiger partial charge in [-0.2, -0.15) is 0 Å². The number of sulfonamides is 1. The molecule has 7 nitrogen and oxygen atoms in total. The summed E-state index contributed by atoms with van der Waals surface area (Å²) < 4.78 is 25.6. The van der Waals surface area contributed by atoms with Gasteiger partial charge in [0.15, 0.2) is 0 Å². The molecule has 1 aliphatic rings. The van der Waals surface area contributed by atoms with Crippen molar-refractivity contribution in [3.05, 3.63) is 59.2 Å². The van der Waals surface area contributed by atoms with Crippen molar-refractivity contribution in [3.8, 4) is 0 Å². The zero-order valence-electron chi connectivity index (χ0n) is 17.5. The summed E-state index contributed by atoms with van der Waals surface area (Å²) in [6.07, 6.45) is 2.49. The summed E-state index contributed by atoms with van der Waals surface area (Å²) in [5.41, 5.74) is 4.13. The molecular formula is C22H27N3O4S. The molecule has 1 heterocycles. The van der Waals surface area contributed by atoms with Crippen LogP contribution >= 0.6 is 0 Å². The third-order valence-corrected chi connectivity index (χ3v) is 6.39. The highest BCUT2D eigenvalue weighted by molar-refractivity contribution is 7.92. The predicted molar refractivity (Wildman–Crippen MR) is 118 cm³/mol. The number of amides is 2. The third-order valence-electron chi connectivity index (χ3n) is 5.25. The van der Waals surface area contributed by atoms with Gasteiger partial charge in [0.25, 0.3) is 0 Å². The maximum Gasteiger partial charge on any atom is 0.241 e. The van der Waals surface area contributed by atoms with E-state index in [1.54, 1.807) is 17.0 Å². The molecule has 1 saturated heterocycles. The SMILES string of the molecule is Cc1ccc(N(CC(=O)NCc2cccc(N3CCCC3=O)c2)S(C)(=O)=O)cc1C. The van der Waals surface area contributed by atoms with Gasteiger partial charge in [0.05, 0.1) is 11.9 Å². The van der Waals surface area contributed by atoms with Crippen LogP contribution in [0.3, 0.4) is 0 Å². The van der Waals surface area contributed by atoms with Crippen LogP contribution in [0.2, 0.25) is 0 Å². The third kappa shape index (κ3) is 5.18. The Balaban J connectivity index is 1.68. The molecule has 0 aromatic heterocycles. The van der Waals surface area contributed by atoms with Gasteiger partial charge in [-0.3, -0.25) is 13.9 Å². The monoisotopic (exact) mass is 429 g/mol. The molecule has 2 aromatic carbocycles. The van der Waals surface area contributed by atoms with Crippen LogP contribution in [0.15, 0.2) is 42.5 Å². The summed E-state index contributed by atoms with van der Waals surface area (Å²) in [5.74, 6) is -0.297. The summed E-state index contributed by atoms with van der Waals surface area (Å²) in [7, 11) is -3.62. The van der Waals surface area contributed by atoms with Gasteiger partial charge in [-0.15, -0.1) is 0 Å². The topological polar surface area (TPSA) is 86.8 Å². The molecular weight excluding hydrogens is 402 g/mol. The van der Waals surface area contributed by atoms with E-state index < -0.39 is 15.9 Å². The second-order valence-corrected chi connectivity index (χ2v) is 9.54. The lowest BCUT2D eigenvalue weighted by atomic mass is 10.1. The Morgan fingerprint density at radius 3 is 2.53 bits per heavy atom. The van der Waals surface area contributed by atoms with Crippen LogP contribution in [0.4, 0.5) is 11.4 Å². The first-order chi connectivity index (χ1) is 14.1. The molecule has 30 heavy (non-hydrogen) atoms. The van der Waals surface area contributed by atoms with E-state index in [-0.39, 0.29) is 19.0 Å². The average molecular weight is 430 g/mol. The summed E-state index contributed by atoms with van der Waals surface area (Å²) in [5, 5.41) is 2.78. The molecule has 0 unspecified atom stereocenters. The van der Waals surface area contributed by atoms with E-state index in [1.165, 1.54) is 0 Å². The van der Waals surface area contributed by atoms with Crippen molar-refractivity contribution in [1.29, 1.82) is 0 Å². The Kier molecular flexibility index (Phi) is 6.45. The number of hydrogen-bond acceptors (Lipinski definition) is 4. The molecule has 0 saturated carbocycles. The smallest absolute Gasteiger partial charge is 0.241 e. The molecule has 160 valence electrons. The van der Waals surface area contributed by atoms with Gasteiger partial charge in [0.2, 0.25) is 21.8 Å². The Hall–Kier alpha value is -2.87. The summed E-state index contributed by atoms with van der Waals surface area (Å²) in [4.78, 5) is 26.2. The van der Waals surface area contributed by atoms with E-state index in [2.05, 4.69) is 5.32 Å². The molecule has 2 amide bonds. The highest BCUT2D eigenvalue weighted by Crippen LogP contribution is 2.23. The van der Waals surface area contributed by atoms with Crippen molar-refractivity contribution in [2.75, 3.05) is 28.6 Å². The molecule has 0 bridgehead atoms. The van der Waals surface area contributed by atoms with Gasteiger partial charge in [-0.1, -0.05) is 18.2 Å². The number of carbonyl (C=O) groups is 2. The minimum Gasteiger partial charge on any atom is -0.350 e. The number of rotatable bonds is 7. The fourth-order valence-electron chi connectivity index (χ4n) is 3.42. The molecule has 2 aromatic rings. The lowest BCUT2D eigenvalue weighted by Crippen LogP contribution is -2.40. The lowest BCUT2D eigenvalue weighted by Gasteiger charge is -2.23. The minimum absolute atomic E-state index is 0.105. The first-order valence-electron chi connectivity index (χ1n) is 9.86. The minimum atomic E-state index is -3.62. The van der Waals surface area contributed by atoms with Crippen LogP contribution in [0.1, 0.15) is 29.5 Å². The Morgan fingerprint density at radius 1 is 1.13 bits per heavy atom. The lowest BCUT2D eigenvalue weighted by molar-refractivity contribution is -0.120. The number of nitrogens with one attached hydrogen (secondary N) is 1. The van der Waals surface area contributed by atoms with Crippen molar-refractivity contribution in [2.24, 2.45) is 0 Å². The number of hydrogen-bond donors (Lipinski definition) is 1. The molecule has 1 aliphatic heterocycles. The number of anilines is 2. The predicted octanol–water partition coefficient (Wildman–Crippen LogP) is 2.51. The zero-order chi connectivity index (χ0) is 21.9. The Morgan fingerprint density at radius 2 is 1.90 bits per heavy atom. The maximum absolute atomic E-state index is 12.5. The van der Waals surface area contributed by atoms with E-state index in [1.807, 2.05) is 44.2 Å². The van der Waals surface area contributed by atoms with Crippen LogP contribution < -0.4 is 14.5 Å². The van der Waals surface area contributed by atoms with Crippen molar-refractivity contribution in [3.63, 3.8) is 0 Å². The van der Waals surface area contributed by atoms with Crippen LogP contribution in [0, 0.1) is 13.8 Å². The van der Waals surface area contributed by atoms with E-state index in [4.69, 9.17) is 0 Å². The average Bonchev–Trinajstić information content (AvgIpc) is 3.12. The fraction of sp³-hybridized carbons (Fsp3) is 0.364. The standard InChI is InChI=1S/C22H27N3O4S/c1-16-9-10-20(12-17(16)2)25(30(3,28)29)15-21(26)23-14-18-6-4-7-19(13-18)24-11-5-8-22(24)27/h4,6-7,9-10,12-13H,5,8,11,14-15H2,1-3H3,(H,23,26). The molecule has 3 rings (SSSR count). The maximum atomic E-state index is 12.5. The van der Waals surface area contributed by atoms with Gasteiger partial charge in [0.1, 0.15) is 6.54 Å². The van der Waals surface area contributed by atoms with E-state index in [9.17, 15) is 18.0 Å². The van der Waals surface area contributed by atoms with E-state index >= 15 is 0 Å². The van der Waals surface area contributed by atoms with Crippen LogP contribution in [-0.2, 0) is 26.2 Å². The van der Waals surface area contributed by atoms with Gasteiger partial charge >= 0.3 is 0 Å². The number of nitrogens with zero attached hydrogens (tertiary/aromatic N) is 2. The van der Waals surface area contributed by atoms with E-state index in [0.717, 1.165) is 39.4 Å². The van der Waals surface area contributed by atoms with Crippen LogP contribution in [0.5, 0.6) is 0 Å². The molecule has 0 aliphatic carbocycles. The van der Waals surface area contributed by atoms with Crippen LogP contribution in [0.25, 0.3) is 0 Å². The van der Waals surface area contributed by atoms with Crippen molar-refractivity contribution >= 4 is 33.2 Å². The Bertz CT molecular complexity index is 1070. The molecule has 1 fully saturated rings. The van der Waals surface area contributed by atoms with Crippen LogP contribution in [-0.4, -0.2) is 39.6 Å². The normalized spacial score (nSPS) is 14.1. The summed E-state index contributed by atoms with van der Waals surface area (Å²) in [6, 6.07) is 12.8. The quantitative estimate of drug-likeness (QED) is 0.733. The van der Waals surface area contributed by atoms with Crippen molar-refractivity contribution < 1.29 is 18.0 Å². The fourth-order valence-corrected chi connectivity index (χ4v) is 4.27. The first kappa shape index (κ1) is 21.8. The molecule has 1 N–H and O–H groups in total. The van der Waals surface area contributed by atoms with Gasteiger partial charge in [-0.25, -0.2) is 8.42 Å². The number of carbonyl (C=O) groups excluding carboxylic acids is 2. The first-order valence-corrected chi connectivity index (χ1v) is 11.7. The number of benzene rings is 2. The van der Waals surface area contributed by atoms with E-state index in [0.29, 0.717) is 18.7 Å². The second kappa shape index (κ2) is 8.87.